The average Bonchev–Trinajstić information content (AvgIpc) is 2.45. The molecular weight excluding hydrogens is 296 g/mol. The smallest absolute Gasteiger partial charge is 0.303 e. The number of hydrogen-bond donors (Lipinski definition) is 1. The van der Waals surface area contributed by atoms with Crippen LogP contribution in [0.1, 0.15) is 98.8 Å². The highest BCUT2D eigenvalue weighted by Gasteiger charge is 2.04. The van der Waals surface area contributed by atoms with Crippen molar-refractivity contribution in [2.75, 3.05) is 0 Å². The van der Waals surface area contributed by atoms with Crippen LogP contribution in [0.15, 0.2) is 23.3 Å². The van der Waals surface area contributed by atoms with Crippen molar-refractivity contribution >= 4 is 5.97 Å². The number of carboxylic acid groups (broad SMARTS) is 1. The third-order valence-corrected chi connectivity index (χ3v) is 4.51. The van der Waals surface area contributed by atoms with Crippen molar-refractivity contribution in [2.24, 2.45) is 11.8 Å². The lowest BCUT2D eigenvalue weighted by Crippen LogP contribution is -1.98. The topological polar surface area (TPSA) is 37.3 Å². The molecule has 0 aliphatic heterocycles. The van der Waals surface area contributed by atoms with E-state index in [9.17, 15) is 4.79 Å². The fraction of sp³-hybridized carbons (Fsp3) is 0.773. The van der Waals surface area contributed by atoms with Crippen LogP contribution in [0.25, 0.3) is 0 Å². The highest BCUT2D eigenvalue weighted by molar-refractivity contribution is 5.66. The molecule has 0 amide bonds. The third kappa shape index (κ3) is 14.5. The van der Waals surface area contributed by atoms with E-state index in [0.29, 0.717) is 11.8 Å². The van der Waals surface area contributed by atoms with Crippen molar-refractivity contribution in [2.45, 2.75) is 98.8 Å². The van der Waals surface area contributed by atoms with Gasteiger partial charge in [0, 0.05) is 6.42 Å². The molecule has 0 aromatic rings. The van der Waals surface area contributed by atoms with E-state index < -0.39 is 5.97 Å². The second kappa shape index (κ2) is 14.3. The van der Waals surface area contributed by atoms with Crippen LogP contribution in [-0.2, 0) is 4.79 Å². The molecule has 0 aliphatic carbocycles. The molecule has 140 valence electrons. The first kappa shape index (κ1) is 22.9. The summed E-state index contributed by atoms with van der Waals surface area (Å²) in [4.78, 5) is 10.6. The molecule has 2 heteroatoms. The van der Waals surface area contributed by atoms with E-state index in [1.807, 2.05) is 0 Å². The predicted octanol–water partition coefficient (Wildman–Crippen LogP) is 7.16. The molecule has 0 aromatic heterocycles. The van der Waals surface area contributed by atoms with Gasteiger partial charge in [-0.2, -0.15) is 0 Å². The second-order valence-electron chi connectivity index (χ2n) is 7.65. The maximum Gasteiger partial charge on any atom is 0.303 e. The summed E-state index contributed by atoms with van der Waals surface area (Å²) in [6, 6.07) is 0. The van der Waals surface area contributed by atoms with Gasteiger partial charge in [0.15, 0.2) is 0 Å². The van der Waals surface area contributed by atoms with Gasteiger partial charge in [-0.05, 0) is 51.4 Å². The maximum atomic E-state index is 10.6. The largest absolute Gasteiger partial charge is 0.481 e. The van der Waals surface area contributed by atoms with Crippen molar-refractivity contribution in [3.8, 4) is 0 Å². The highest BCUT2D eigenvalue weighted by Crippen LogP contribution is 2.19. The van der Waals surface area contributed by atoms with Crippen molar-refractivity contribution < 1.29 is 9.90 Å². The van der Waals surface area contributed by atoms with Gasteiger partial charge in [-0.3, -0.25) is 4.79 Å². The van der Waals surface area contributed by atoms with Crippen LogP contribution in [0.2, 0.25) is 0 Å². The minimum Gasteiger partial charge on any atom is -0.481 e. The Bertz CT molecular complexity index is 393. The summed E-state index contributed by atoms with van der Waals surface area (Å²) < 4.78 is 0. The van der Waals surface area contributed by atoms with E-state index in [2.05, 4.69) is 46.8 Å². The number of allylic oxidation sites excluding steroid dienone is 4. The molecular formula is C22H40O2. The Morgan fingerprint density at radius 3 is 1.88 bits per heavy atom. The Kier molecular flexibility index (Phi) is 13.7. The number of hydrogen-bond acceptors (Lipinski definition) is 1. The summed E-state index contributed by atoms with van der Waals surface area (Å²) in [7, 11) is 0. The van der Waals surface area contributed by atoms with Gasteiger partial charge in [-0.1, -0.05) is 76.2 Å². The first-order valence-electron chi connectivity index (χ1n) is 9.91. The molecule has 0 bridgehead atoms. The van der Waals surface area contributed by atoms with Crippen LogP contribution in [0.3, 0.4) is 0 Å². The summed E-state index contributed by atoms with van der Waals surface area (Å²) in [6.07, 6.45) is 15.9. The standard InChI is InChI=1S/C22H40O2/c1-6-7-8-9-10-12-18(2)15-20(4)17-21(5)16-19(3)13-11-14-22(23)24/h15-16,18-19H,6-14,17H2,1-5H3,(H,23,24)/b20-15-,21-16+/t18-,19-/m0/s1. The average molecular weight is 337 g/mol. The zero-order chi connectivity index (χ0) is 18.4. The number of carbonyl (C=O) groups is 1. The van der Waals surface area contributed by atoms with Crippen LogP contribution < -0.4 is 0 Å². The molecule has 0 fully saturated rings. The highest BCUT2D eigenvalue weighted by atomic mass is 16.4. The van der Waals surface area contributed by atoms with Crippen LogP contribution in [0.4, 0.5) is 0 Å². The number of aliphatic carboxylic acids is 1. The van der Waals surface area contributed by atoms with Crippen molar-refractivity contribution in [3.63, 3.8) is 0 Å². The molecule has 2 atom stereocenters. The minimum absolute atomic E-state index is 0.284. The fourth-order valence-electron chi connectivity index (χ4n) is 3.34. The summed E-state index contributed by atoms with van der Waals surface area (Å²) in [5.41, 5.74) is 2.87. The Morgan fingerprint density at radius 1 is 0.875 bits per heavy atom. The molecule has 0 aliphatic rings. The van der Waals surface area contributed by atoms with Crippen molar-refractivity contribution in [3.05, 3.63) is 23.3 Å². The van der Waals surface area contributed by atoms with Crippen LogP contribution in [0, 0.1) is 11.8 Å². The van der Waals surface area contributed by atoms with Gasteiger partial charge in [-0.15, -0.1) is 0 Å². The molecule has 0 heterocycles. The summed E-state index contributed by atoms with van der Waals surface area (Å²) in [5, 5.41) is 8.69. The van der Waals surface area contributed by atoms with Crippen LogP contribution in [0.5, 0.6) is 0 Å². The minimum atomic E-state index is -0.689. The van der Waals surface area contributed by atoms with E-state index in [-0.39, 0.29) is 6.42 Å². The van der Waals surface area contributed by atoms with E-state index in [1.54, 1.807) is 0 Å². The Hall–Kier alpha value is -1.05. The van der Waals surface area contributed by atoms with Gasteiger partial charge in [0.25, 0.3) is 0 Å². The van der Waals surface area contributed by atoms with Gasteiger partial charge in [-0.25, -0.2) is 0 Å². The summed E-state index contributed by atoms with van der Waals surface area (Å²) in [6.45, 7) is 11.2. The van der Waals surface area contributed by atoms with Gasteiger partial charge < -0.3 is 5.11 Å². The second-order valence-corrected chi connectivity index (χ2v) is 7.65. The lowest BCUT2D eigenvalue weighted by atomic mass is 9.95. The number of carboxylic acids is 1. The summed E-state index contributed by atoms with van der Waals surface area (Å²) >= 11 is 0. The first-order chi connectivity index (χ1) is 11.3. The molecule has 0 radical (unpaired) electrons. The molecule has 0 saturated heterocycles. The normalized spacial score (nSPS) is 15.4. The van der Waals surface area contributed by atoms with Crippen LogP contribution >= 0.6 is 0 Å². The monoisotopic (exact) mass is 336 g/mol. The Balaban J connectivity index is 4.10. The van der Waals surface area contributed by atoms with E-state index in [4.69, 9.17) is 5.11 Å². The van der Waals surface area contributed by atoms with E-state index in [1.165, 1.54) is 49.7 Å². The molecule has 1 N–H and O–H groups in total. The molecule has 24 heavy (non-hydrogen) atoms. The molecule has 0 rings (SSSR count). The molecule has 2 nitrogen and oxygen atoms in total. The quantitative estimate of drug-likeness (QED) is 0.270. The summed E-state index contributed by atoms with van der Waals surface area (Å²) in [5.74, 6) is 0.450. The number of rotatable bonds is 14. The van der Waals surface area contributed by atoms with E-state index >= 15 is 0 Å². The van der Waals surface area contributed by atoms with Gasteiger partial charge in [0.05, 0.1) is 0 Å². The molecule has 0 unspecified atom stereocenters. The lowest BCUT2D eigenvalue weighted by Gasteiger charge is -2.11. The SMILES string of the molecule is CCCCCCC[C@H](C)/C=C(/C)C/C(C)=C/[C@@H](C)CCCC(=O)O. The zero-order valence-electron chi connectivity index (χ0n) is 16.7. The zero-order valence-corrected chi connectivity index (χ0v) is 16.7. The van der Waals surface area contributed by atoms with Gasteiger partial charge >= 0.3 is 5.97 Å². The third-order valence-electron chi connectivity index (χ3n) is 4.51. The fourth-order valence-corrected chi connectivity index (χ4v) is 3.34. The molecule has 0 saturated carbocycles. The Morgan fingerprint density at radius 2 is 1.38 bits per heavy atom. The number of unbranched alkanes of at least 4 members (excludes halogenated alkanes) is 4. The van der Waals surface area contributed by atoms with Crippen molar-refractivity contribution in [1.82, 2.24) is 0 Å². The first-order valence-corrected chi connectivity index (χ1v) is 9.91. The molecule has 0 spiro atoms. The lowest BCUT2D eigenvalue weighted by molar-refractivity contribution is -0.137. The maximum absolute atomic E-state index is 10.6. The van der Waals surface area contributed by atoms with Crippen molar-refractivity contribution in [1.29, 1.82) is 0 Å². The molecule has 0 aromatic carbocycles. The van der Waals surface area contributed by atoms with Gasteiger partial charge in [0.2, 0.25) is 0 Å². The van der Waals surface area contributed by atoms with Gasteiger partial charge in [0.1, 0.15) is 0 Å². The van der Waals surface area contributed by atoms with E-state index in [0.717, 1.165) is 19.3 Å². The predicted molar refractivity (Wildman–Crippen MR) is 105 cm³/mol. The van der Waals surface area contributed by atoms with Crippen LogP contribution in [-0.4, -0.2) is 11.1 Å². The Labute approximate surface area is 150 Å².